The molecule has 0 bridgehead atoms. The van der Waals surface area contributed by atoms with Crippen molar-refractivity contribution in [2.45, 2.75) is 25.5 Å². The van der Waals surface area contributed by atoms with Gasteiger partial charge in [0.05, 0.1) is 17.5 Å². The maximum atomic E-state index is 13.2. The fourth-order valence-electron chi connectivity index (χ4n) is 2.85. The molecule has 0 aromatic heterocycles. The highest BCUT2D eigenvalue weighted by molar-refractivity contribution is 5.70. The van der Waals surface area contributed by atoms with E-state index in [0.29, 0.717) is 6.54 Å². The number of para-hydroxylation sites is 2. The molecule has 2 aromatic carbocycles. The maximum absolute atomic E-state index is 13.2. The Hall–Kier alpha value is -2.07. The maximum Gasteiger partial charge on any atom is 0.123 e. The minimum Gasteiger partial charge on any atom is -0.393 e. The first-order valence-electron chi connectivity index (χ1n) is 7.73. The summed E-state index contributed by atoms with van der Waals surface area (Å²) in [5, 5.41) is 13.0. The Morgan fingerprint density at radius 3 is 2.64 bits per heavy atom. The summed E-state index contributed by atoms with van der Waals surface area (Å²) in [5.74, 6) is -0.211. The second-order valence-corrected chi connectivity index (χ2v) is 5.72. The van der Waals surface area contributed by atoms with Gasteiger partial charge in [0.2, 0.25) is 0 Å². The number of piperidine rings is 1. The third kappa shape index (κ3) is 3.57. The number of nitrogens with one attached hydrogen (secondary N) is 1. The number of hydrogen-bond acceptors (Lipinski definition) is 3. The topological polar surface area (TPSA) is 35.5 Å². The van der Waals surface area contributed by atoms with Crippen molar-refractivity contribution in [3.05, 3.63) is 59.9 Å². The van der Waals surface area contributed by atoms with Crippen LogP contribution in [0.1, 0.15) is 18.4 Å². The predicted molar refractivity (Wildman–Crippen MR) is 87.6 cm³/mol. The predicted octanol–water partition coefficient (Wildman–Crippen LogP) is 3.40. The molecule has 0 radical (unpaired) electrons. The van der Waals surface area contributed by atoms with Gasteiger partial charge >= 0.3 is 0 Å². The summed E-state index contributed by atoms with van der Waals surface area (Å²) in [4.78, 5) is 2.29. The van der Waals surface area contributed by atoms with Crippen LogP contribution in [-0.4, -0.2) is 24.3 Å². The van der Waals surface area contributed by atoms with Gasteiger partial charge < -0.3 is 15.3 Å². The van der Waals surface area contributed by atoms with Crippen molar-refractivity contribution >= 4 is 11.4 Å². The molecule has 4 heteroatoms. The van der Waals surface area contributed by atoms with E-state index in [0.717, 1.165) is 42.9 Å². The van der Waals surface area contributed by atoms with Crippen molar-refractivity contribution < 1.29 is 9.50 Å². The summed E-state index contributed by atoms with van der Waals surface area (Å²) in [5.41, 5.74) is 3.11. The molecule has 1 fully saturated rings. The molecule has 0 atom stereocenters. The fraction of sp³-hybridized carbons (Fsp3) is 0.333. The zero-order valence-electron chi connectivity index (χ0n) is 12.5. The highest BCUT2D eigenvalue weighted by Crippen LogP contribution is 2.28. The summed E-state index contributed by atoms with van der Waals surface area (Å²) >= 11 is 0. The Kier molecular flexibility index (Phi) is 4.59. The molecule has 1 aliphatic rings. The van der Waals surface area contributed by atoms with E-state index in [1.165, 1.54) is 6.07 Å². The van der Waals surface area contributed by atoms with Crippen molar-refractivity contribution in [2.24, 2.45) is 0 Å². The van der Waals surface area contributed by atoms with Gasteiger partial charge in [0.1, 0.15) is 5.82 Å². The number of hydrogen-bond donors (Lipinski definition) is 2. The highest BCUT2D eigenvalue weighted by Gasteiger charge is 2.19. The lowest BCUT2D eigenvalue weighted by Gasteiger charge is -2.33. The van der Waals surface area contributed by atoms with E-state index >= 15 is 0 Å². The molecule has 3 nitrogen and oxygen atoms in total. The van der Waals surface area contributed by atoms with E-state index in [4.69, 9.17) is 0 Å². The lowest BCUT2D eigenvalue weighted by atomic mass is 10.1. The highest BCUT2D eigenvalue weighted by atomic mass is 19.1. The Labute approximate surface area is 130 Å². The van der Waals surface area contributed by atoms with E-state index in [9.17, 15) is 9.50 Å². The molecule has 116 valence electrons. The first-order valence-corrected chi connectivity index (χ1v) is 7.73. The standard InChI is InChI=1S/C18H21FN2O/c19-15-5-3-4-14(12-15)13-20-17-6-1-2-7-18(17)21-10-8-16(22)9-11-21/h1-7,12,16,20,22H,8-11,13H2. The van der Waals surface area contributed by atoms with Crippen LogP contribution in [0.5, 0.6) is 0 Å². The largest absolute Gasteiger partial charge is 0.393 e. The second kappa shape index (κ2) is 6.79. The Morgan fingerprint density at radius 2 is 1.86 bits per heavy atom. The van der Waals surface area contributed by atoms with Crippen molar-refractivity contribution in [1.29, 1.82) is 0 Å². The summed E-state index contributed by atoms with van der Waals surface area (Å²) in [7, 11) is 0. The van der Waals surface area contributed by atoms with E-state index in [1.807, 2.05) is 24.3 Å². The number of aliphatic hydroxyl groups is 1. The van der Waals surface area contributed by atoms with Gasteiger partial charge in [0.15, 0.2) is 0 Å². The van der Waals surface area contributed by atoms with Gasteiger partial charge in [-0.3, -0.25) is 0 Å². The Balaban J connectivity index is 1.71. The molecule has 1 heterocycles. The van der Waals surface area contributed by atoms with Crippen molar-refractivity contribution in [3.8, 4) is 0 Å². The normalized spacial score (nSPS) is 15.8. The number of halogens is 1. The third-order valence-electron chi connectivity index (χ3n) is 4.08. The fourth-order valence-corrected chi connectivity index (χ4v) is 2.85. The van der Waals surface area contributed by atoms with E-state index in [-0.39, 0.29) is 11.9 Å². The van der Waals surface area contributed by atoms with Gasteiger partial charge in [-0.1, -0.05) is 24.3 Å². The zero-order chi connectivity index (χ0) is 15.4. The van der Waals surface area contributed by atoms with Crippen LogP contribution in [0, 0.1) is 5.82 Å². The summed E-state index contributed by atoms with van der Waals surface area (Å²) in [6.07, 6.45) is 1.43. The number of anilines is 2. The lowest BCUT2D eigenvalue weighted by molar-refractivity contribution is 0.145. The quantitative estimate of drug-likeness (QED) is 0.908. The van der Waals surface area contributed by atoms with Crippen molar-refractivity contribution in [2.75, 3.05) is 23.3 Å². The van der Waals surface area contributed by atoms with Gasteiger partial charge in [-0.25, -0.2) is 4.39 Å². The molecule has 0 unspecified atom stereocenters. The first kappa shape index (κ1) is 14.9. The summed E-state index contributed by atoms with van der Waals surface area (Å²) in [6, 6.07) is 14.8. The first-order chi connectivity index (χ1) is 10.7. The van der Waals surface area contributed by atoms with Crippen LogP contribution in [0.15, 0.2) is 48.5 Å². The van der Waals surface area contributed by atoms with E-state index in [1.54, 1.807) is 12.1 Å². The molecule has 1 aliphatic heterocycles. The van der Waals surface area contributed by atoms with Crippen LogP contribution in [0.4, 0.5) is 15.8 Å². The minimum atomic E-state index is -0.211. The molecule has 0 spiro atoms. The number of aliphatic hydroxyl groups excluding tert-OH is 1. The van der Waals surface area contributed by atoms with Crippen LogP contribution >= 0.6 is 0 Å². The summed E-state index contributed by atoms with van der Waals surface area (Å²) in [6.45, 7) is 2.31. The number of nitrogens with zero attached hydrogens (tertiary/aromatic N) is 1. The van der Waals surface area contributed by atoms with E-state index < -0.39 is 0 Å². The second-order valence-electron chi connectivity index (χ2n) is 5.72. The summed E-state index contributed by atoms with van der Waals surface area (Å²) < 4.78 is 13.2. The Bertz CT molecular complexity index is 624. The molecule has 3 rings (SSSR count). The zero-order valence-corrected chi connectivity index (χ0v) is 12.5. The van der Waals surface area contributed by atoms with Gasteiger partial charge in [-0.05, 0) is 42.7 Å². The van der Waals surface area contributed by atoms with Gasteiger partial charge in [0.25, 0.3) is 0 Å². The van der Waals surface area contributed by atoms with Gasteiger partial charge in [-0.2, -0.15) is 0 Å². The van der Waals surface area contributed by atoms with E-state index in [2.05, 4.69) is 16.3 Å². The van der Waals surface area contributed by atoms with Crippen LogP contribution in [0.3, 0.4) is 0 Å². The molecular weight excluding hydrogens is 279 g/mol. The minimum absolute atomic E-state index is 0.177. The van der Waals surface area contributed by atoms with Gasteiger partial charge in [0, 0.05) is 19.6 Å². The van der Waals surface area contributed by atoms with Crippen LogP contribution in [0.2, 0.25) is 0 Å². The molecular formula is C18H21FN2O. The third-order valence-corrected chi connectivity index (χ3v) is 4.08. The average molecular weight is 300 g/mol. The van der Waals surface area contributed by atoms with Gasteiger partial charge in [-0.15, -0.1) is 0 Å². The van der Waals surface area contributed by atoms with Crippen LogP contribution in [-0.2, 0) is 6.54 Å². The van der Waals surface area contributed by atoms with Crippen molar-refractivity contribution in [3.63, 3.8) is 0 Å². The smallest absolute Gasteiger partial charge is 0.123 e. The molecule has 1 saturated heterocycles. The number of rotatable bonds is 4. The monoisotopic (exact) mass is 300 g/mol. The SMILES string of the molecule is OC1CCN(c2ccccc2NCc2cccc(F)c2)CC1. The van der Waals surface area contributed by atoms with Crippen LogP contribution < -0.4 is 10.2 Å². The lowest BCUT2D eigenvalue weighted by Crippen LogP contribution is -2.36. The molecule has 0 amide bonds. The average Bonchev–Trinajstić information content (AvgIpc) is 2.54. The van der Waals surface area contributed by atoms with Crippen molar-refractivity contribution in [1.82, 2.24) is 0 Å². The molecule has 2 aromatic rings. The molecule has 0 saturated carbocycles. The number of benzene rings is 2. The van der Waals surface area contributed by atoms with Crippen LogP contribution in [0.25, 0.3) is 0 Å². The Morgan fingerprint density at radius 1 is 1.09 bits per heavy atom. The molecule has 0 aliphatic carbocycles. The molecule has 22 heavy (non-hydrogen) atoms. The molecule has 2 N–H and O–H groups in total.